The Hall–Kier alpha value is -3.16. The maximum Gasteiger partial charge on any atom is 0.291 e. The molecule has 0 amide bonds. The minimum atomic E-state index is -0.319. The highest BCUT2D eigenvalue weighted by atomic mass is 19.1. The largest absolute Gasteiger partial charge is 0.490 e. The normalized spacial score (nSPS) is 15.3. The fraction of sp³-hybridized carbons (Fsp3) is 0.278. The van der Waals surface area contributed by atoms with Crippen molar-refractivity contribution in [3.05, 3.63) is 63.1 Å². The zero-order valence-corrected chi connectivity index (χ0v) is 13.9. The first-order valence-corrected chi connectivity index (χ1v) is 8.38. The first-order valence-electron chi connectivity index (χ1n) is 8.38. The Morgan fingerprint density at radius 1 is 1.15 bits per heavy atom. The van der Waals surface area contributed by atoms with Crippen LogP contribution in [0.1, 0.15) is 12.8 Å². The Bertz CT molecular complexity index is 1040. The number of nitrogens with zero attached hydrogens (tertiary/aromatic N) is 2. The summed E-state index contributed by atoms with van der Waals surface area (Å²) in [5.74, 6) is 0.676. The summed E-state index contributed by atoms with van der Waals surface area (Å²) in [5.41, 5.74) is 0.336. The number of benzene rings is 1. The number of piperidine rings is 1. The highest BCUT2D eigenvalue weighted by Gasteiger charge is 2.23. The average Bonchev–Trinajstić information content (AvgIpc) is 2.64. The van der Waals surface area contributed by atoms with E-state index in [-0.39, 0.29) is 23.0 Å². The summed E-state index contributed by atoms with van der Waals surface area (Å²) in [7, 11) is 0. The lowest BCUT2D eigenvalue weighted by Crippen LogP contribution is -2.41. The second-order valence-corrected chi connectivity index (χ2v) is 6.24. The van der Waals surface area contributed by atoms with Gasteiger partial charge in [-0.2, -0.15) is 0 Å². The van der Waals surface area contributed by atoms with E-state index < -0.39 is 0 Å². The number of aromatic nitrogens is 3. The van der Waals surface area contributed by atoms with Crippen LogP contribution in [0, 0.1) is 5.82 Å². The van der Waals surface area contributed by atoms with Gasteiger partial charge < -0.3 is 19.6 Å². The zero-order valence-electron chi connectivity index (χ0n) is 13.9. The van der Waals surface area contributed by atoms with E-state index in [1.807, 2.05) is 4.90 Å². The molecule has 1 aromatic carbocycles. The SMILES string of the molecule is O=c1cc2[nH]c(=O)c(N3CCC(Oc4ccc(F)cc4)CC3)nc2c[nH]1. The van der Waals surface area contributed by atoms with E-state index in [1.165, 1.54) is 24.4 Å². The van der Waals surface area contributed by atoms with Crippen LogP contribution >= 0.6 is 0 Å². The molecule has 0 saturated carbocycles. The lowest BCUT2D eigenvalue weighted by molar-refractivity contribution is 0.170. The van der Waals surface area contributed by atoms with Crippen molar-refractivity contribution in [1.29, 1.82) is 0 Å². The van der Waals surface area contributed by atoms with Gasteiger partial charge >= 0.3 is 0 Å². The zero-order chi connectivity index (χ0) is 18.1. The van der Waals surface area contributed by atoms with Crippen molar-refractivity contribution in [1.82, 2.24) is 15.0 Å². The first kappa shape index (κ1) is 16.3. The third kappa shape index (κ3) is 3.30. The van der Waals surface area contributed by atoms with Crippen molar-refractivity contribution in [3.8, 4) is 5.75 Å². The molecule has 0 bridgehead atoms. The van der Waals surface area contributed by atoms with E-state index >= 15 is 0 Å². The average molecular weight is 356 g/mol. The van der Waals surface area contributed by atoms with E-state index in [0.29, 0.717) is 35.7 Å². The van der Waals surface area contributed by atoms with Gasteiger partial charge in [-0.1, -0.05) is 0 Å². The highest BCUT2D eigenvalue weighted by Crippen LogP contribution is 2.21. The summed E-state index contributed by atoms with van der Waals surface area (Å²) in [5, 5.41) is 0. The number of pyridine rings is 1. The van der Waals surface area contributed by atoms with Crippen molar-refractivity contribution >= 4 is 16.9 Å². The lowest BCUT2D eigenvalue weighted by atomic mass is 10.1. The predicted molar refractivity (Wildman–Crippen MR) is 95.2 cm³/mol. The Kier molecular flexibility index (Phi) is 4.16. The van der Waals surface area contributed by atoms with Crippen LogP contribution in [-0.2, 0) is 0 Å². The molecule has 4 rings (SSSR count). The molecule has 0 unspecified atom stereocenters. The molecule has 2 aromatic heterocycles. The second-order valence-electron chi connectivity index (χ2n) is 6.24. The minimum absolute atomic E-state index is 0.00704. The number of hydrogen-bond acceptors (Lipinski definition) is 5. The van der Waals surface area contributed by atoms with Gasteiger partial charge in [-0.25, -0.2) is 9.37 Å². The van der Waals surface area contributed by atoms with E-state index in [1.54, 1.807) is 12.1 Å². The molecule has 0 aliphatic carbocycles. The highest BCUT2D eigenvalue weighted by molar-refractivity contribution is 5.74. The fourth-order valence-electron chi connectivity index (χ4n) is 3.11. The number of halogens is 1. The number of nitrogens with one attached hydrogen (secondary N) is 2. The summed E-state index contributed by atoms with van der Waals surface area (Å²) in [6, 6.07) is 7.27. The van der Waals surface area contributed by atoms with Gasteiger partial charge in [-0.15, -0.1) is 0 Å². The molecule has 1 aliphatic rings. The van der Waals surface area contributed by atoms with Crippen LogP contribution in [0.15, 0.2) is 46.1 Å². The van der Waals surface area contributed by atoms with Crippen LogP contribution in [0.25, 0.3) is 11.0 Å². The van der Waals surface area contributed by atoms with E-state index in [0.717, 1.165) is 12.8 Å². The van der Waals surface area contributed by atoms with Crippen LogP contribution in [0.5, 0.6) is 5.75 Å². The number of fused-ring (bicyclic) bond motifs is 1. The van der Waals surface area contributed by atoms with E-state index in [9.17, 15) is 14.0 Å². The number of aromatic amines is 2. The Morgan fingerprint density at radius 2 is 1.88 bits per heavy atom. The second kappa shape index (κ2) is 6.62. The van der Waals surface area contributed by atoms with Gasteiger partial charge in [0.1, 0.15) is 23.2 Å². The molecule has 26 heavy (non-hydrogen) atoms. The van der Waals surface area contributed by atoms with E-state index in [2.05, 4.69) is 15.0 Å². The minimum Gasteiger partial charge on any atom is -0.490 e. The first-order chi connectivity index (χ1) is 12.6. The molecule has 1 fully saturated rings. The van der Waals surface area contributed by atoms with Crippen LogP contribution in [0.4, 0.5) is 10.2 Å². The molecule has 2 N–H and O–H groups in total. The number of rotatable bonds is 3. The molecule has 1 saturated heterocycles. The summed E-state index contributed by atoms with van der Waals surface area (Å²) < 4.78 is 18.8. The van der Waals surface area contributed by atoms with Crippen molar-refractivity contribution in [2.75, 3.05) is 18.0 Å². The van der Waals surface area contributed by atoms with Gasteiger partial charge in [0.05, 0.1) is 5.52 Å². The number of anilines is 1. The number of ether oxygens (including phenoxy) is 1. The smallest absolute Gasteiger partial charge is 0.291 e. The van der Waals surface area contributed by atoms with Crippen LogP contribution in [-0.4, -0.2) is 34.1 Å². The van der Waals surface area contributed by atoms with Crippen molar-refractivity contribution in [2.24, 2.45) is 0 Å². The standard InChI is InChI=1S/C18H17FN4O3/c19-11-1-3-12(4-2-11)26-13-5-7-23(8-6-13)17-18(25)22-14-9-16(24)20-10-15(14)21-17/h1-4,9-10,13H,5-8H2,(H,20,24)(H,22,25). The van der Waals surface area contributed by atoms with Gasteiger partial charge in [0, 0.05) is 38.2 Å². The van der Waals surface area contributed by atoms with Gasteiger partial charge in [0.2, 0.25) is 5.56 Å². The Labute approximate surface area is 147 Å². The van der Waals surface area contributed by atoms with Gasteiger partial charge in [-0.3, -0.25) is 9.59 Å². The Morgan fingerprint density at radius 3 is 2.62 bits per heavy atom. The Balaban J connectivity index is 1.47. The number of hydrogen-bond donors (Lipinski definition) is 2. The molecule has 3 heterocycles. The molecule has 1 aliphatic heterocycles. The summed E-state index contributed by atoms with van der Waals surface area (Å²) in [6.07, 6.45) is 2.94. The molecular formula is C18H17FN4O3. The summed E-state index contributed by atoms with van der Waals surface area (Å²) in [4.78, 5) is 35.2. The van der Waals surface area contributed by atoms with Crippen molar-refractivity contribution in [2.45, 2.75) is 18.9 Å². The molecule has 3 aromatic rings. The van der Waals surface area contributed by atoms with Gasteiger partial charge in [0.25, 0.3) is 5.56 Å². The molecule has 7 nitrogen and oxygen atoms in total. The fourth-order valence-corrected chi connectivity index (χ4v) is 3.11. The van der Waals surface area contributed by atoms with Crippen molar-refractivity contribution < 1.29 is 9.13 Å². The molecule has 0 atom stereocenters. The molecule has 134 valence electrons. The van der Waals surface area contributed by atoms with Crippen LogP contribution in [0.2, 0.25) is 0 Å². The van der Waals surface area contributed by atoms with Crippen LogP contribution in [0.3, 0.4) is 0 Å². The quantitative estimate of drug-likeness (QED) is 0.747. The topological polar surface area (TPSA) is 91.1 Å². The lowest BCUT2D eigenvalue weighted by Gasteiger charge is -2.32. The van der Waals surface area contributed by atoms with Gasteiger partial charge in [0.15, 0.2) is 5.82 Å². The molecule has 0 radical (unpaired) electrons. The van der Waals surface area contributed by atoms with E-state index in [4.69, 9.17) is 4.74 Å². The number of H-pyrrole nitrogens is 2. The summed E-state index contributed by atoms with van der Waals surface area (Å²) in [6.45, 7) is 1.24. The van der Waals surface area contributed by atoms with Crippen LogP contribution < -0.4 is 20.8 Å². The maximum atomic E-state index is 13.0. The molecule has 8 heteroatoms. The third-order valence-corrected chi connectivity index (χ3v) is 4.44. The maximum absolute atomic E-state index is 13.0. The summed E-state index contributed by atoms with van der Waals surface area (Å²) >= 11 is 0. The van der Waals surface area contributed by atoms with Crippen molar-refractivity contribution in [3.63, 3.8) is 0 Å². The molecule has 0 spiro atoms. The predicted octanol–water partition coefficient (Wildman–Crippen LogP) is 1.80. The third-order valence-electron chi connectivity index (χ3n) is 4.44. The van der Waals surface area contributed by atoms with Gasteiger partial charge in [-0.05, 0) is 24.3 Å². The molecular weight excluding hydrogens is 339 g/mol. The monoisotopic (exact) mass is 356 g/mol.